The highest BCUT2D eigenvalue weighted by Gasteiger charge is 2.52. The molecule has 2 saturated heterocycles. The Kier molecular flexibility index (Phi) is 5.95. The number of hydrogen-bond acceptors (Lipinski definition) is 7. The molecule has 7 nitrogen and oxygen atoms in total. The molecular weight excluding hydrogens is 440 g/mol. The highest BCUT2D eigenvalue weighted by Crippen LogP contribution is 2.42. The third-order valence-corrected chi connectivity index (χ3v) is 7.51. The summed E-state index contributed by atoms with van der Waals surface area (Å²) < 4.78 is 11.4. The predicted molar refractivity (Wildman–Crippen MR) is 123 cm³/mol. The van der Waals surface area contributed by atoms with Gasteiger partial charge in [0, 0.05) is 18.6 Å². The van der Waals surface area contributed by atoms with Gasteiger partial charge in [-0.25, -0.2) is 4.79 Å². The van der Waals surface area contributed by atoms with Crippen molar-refractivity contribution in [3.63, 3.8) is 0 Å². The van der Waals surface area contributed by atoms with E-state index in [0.29, 0.717) is 25.0 Å². The van der Waals surface area contributed by atoms with Crippen molar-refractivity contribution in [1.82, 2.24) is 4.90 Å². The summed E-state index contributed by atoms with van der Waals surface area (Å²) in [7, 11) is 0. The highest BCUT2D eigenvalue weighted by atomic mass is 32.2. The second-order valence-electron chi connectivity index (χ2n) is 8.35. The summed E-state index contributed by atoms with van der Waals surface area (Å²) in [5, 5.41) is -0.290. The Bertz CT molecular complexity index is 1060. The van der Waals surface area contributed by atoms with E-state index in [1.54, 1.807) is 0 Å². The lowest BCUT2D eigenvalue weighted by molar-refractivity contribution is -0.153. The monoisotopic (exact) mass is 464 g/mol. The van der Waals surface area contributed by atoms with Crippen LogP contribution in [0.25, 0.3) is 0 Å². The Balaban J connectivity index is 1.48. The van der Waals surface area contributed by atoms with E-state index >= 15 is 0 Å². The molecule has 2 aromatic carbocycles. The van der Waals surface area contributed by atoms with Crippen molar-refractivity contribution < 1.29 is 23.9 Å². The molecule has 1 amide bonds. The Morgan fingerprint density at radius 1 is 1.09 bits per heavy atom. The van der Waals surface area contributed by atoms with Crippen LogP contribution in [0.3, 0.4) is 0 Å². The normalized spacial score (nSPS) is 24.4. The number of benzene rings is 2. The number of nitrogens with zero attached hydrogens (tertiary/aromatic N) is 1. The Morgan fingerprint density at radius 3 is 2.30 bits per heavy atom. The minimum Gasteiger partial charge on any atom is -0.462 e. The molecule has 170 valence electrons. The van der Waals surface area contributed by atoms with Crippen LogP contribution >= 0.6 is 11.8 Å². The van der Waals surface area contributed by atoms with Crippen LogP contribution in [-0.2, 0) is 23.9 Å². The van der Waals surface area contributed by atoms with Crippen LogP contribution in [0, 0.1) is 0 Å². The summed E-state index contributed by atoms with van der Waals surface area (Å²) >= 11 is 1.52. The van der Waals surface area contributed by atoms with E-state index in [1.807, 2.05) is 60.7 Å². The van der Waals surface area contributed by atoms with Gasteiger partial charge in [0.1, 0.15) is 23.2 Å². The van der Waals surface area contributed by atoms with Crippen LogP contribution in [0.1, 0.15) is 36.5 Å². The molecule has 3 heterocycles. The van der Waals surface area contributed by atoms with E-state index < -0.39 is 18.1 Å². The van der Waals surface area contributed by atoms with E-state index in [0.717, 1.165) is 16.7 Å². The number of carbonyl (C=O) groups excluding carboxylic acids is 3. The van der Waals surface area contributed by atoms with Crippen molar-refractivity contribution in [3.8, 4) is 0 Å². The number of carbonyl (C=O) groups is 3. The first kappa shape index (κ1) is 21.7. The standard InChI is InChI=1S/C25H24N2O5S/c26-20-23(29)27-21(17(14-33-24(20)27)13-18-11-12-19(28)31-18)25(30)32-22(15-7-3-1-4-8-15)16-9-5-2-6-10-16/h1-10,18,20,22,24H,11-14,26H2/t18?,20-,24-/m1/s1. The van der Waals surface area contributed by atoms with Gasteiger partial charge in [0.25, 0.3) is 0 Å². The lowest BCUT2D eigenvalue weighted by Gasteiger charge is -2.48. The summed E-state index contributed by atoms with van der Waals surface area (Å²) in [5.74, 6) is -0.572. The third kappa shape index (κ3) is 4.16. The lowest BCUT2D eigenvalue weighted by atomic mass is 9.99. The van der Waals surface area contributed by atoms with Gasteiger partial charge in [-0.2, -0.15) is 0 Å². The first-order valence-electron chi connectivity index (χ1n) is 11.0. The summed E-state index contributed by atoms with van der Waals surface area (Å²) in [5.41, 5.74) is 8.65. The van der Waals surface area contributed by atoms with Crippen LogP contribution < -0.4 is 5.73 Å². The number of hydrogen-bond donors (Lipinski definition) is 1. The van der Waals surface area contributed by atoms with Gasteiger partial charge in [0.2, 0.25) is 5.91 Å². The second-order valence-corrected chi connectivity index (χ2v) is 9.45. The van der Waals surface area contributed by atoms with Crippen LogP contribution in [0.4, 0.5) is 0 Å². The van der Waals surface area contributed by atoms with Gasteiger partial charge in [0.05, 0.1) is 0 Å². The van der Waals surface area contributed by atoms with E-state index in [-0.39, 0.29) is 29.1 Å². The average molecular weight is 465 g/mol. The molecule has 0 bridgehead atoms. The molecule has 1 unspecified atom stereocenters. The smallest absolute Gasteiger partial charge is 0.356 e. The van der Waals surface area contributed by atoms with Crippen molar-refractivity contribution >= 4 is 29.6 Å². The fourth-order valence-corrected chi connectivity index (χ4v) is 5.78. The quantitative estimate of drug-likeness (QED) is 0.518. The fraction of sp³-hybridized carbons (Fsp3) is 0.320. The molecule has 2 N–H and O–H groups in total. The maximum Gasteiger partial charge on any atom is 0.356 e. The summed E-state index contributed by atoms with van der Waals surface area (Å²) in [6.45, 7) is 0. The Morgan fingerprint density at radius 2 is 1.73 bits per heavy atom. The molecule has 2 fully saturated rings. The van der Waals surface area contributed by atoms with Gasteiger partial charge < -0.3 is 15.2 Å². The highest BCUT2D eigenvalue weighted by molar-refractivity contribution is 8.00. The molecule has 0 aliphatic carbocycles. The van der Waals surface area contributed by atoms with Gasteiger partial charge in [-0.05, 0) is 23.1 Å². The summed E-state index contributed by atoms with van der Waals surface area (Å²) in [4.78, 5) is 39.3. The van der Waals surface area contributed by atoms with Crippen LogP contribution in [-0.4, -0.2) is 46.0 Å². The number of cyclic esters (lactones) is 1. The number of ether oxygens (including phenoxy) is 2. The van der Waals surface area contributed by atoms with Crippen molar-refractivity contribution in [3.05, 3.63) is 83.1 Å². The number of esters is 2. The molecule has 33 heavy (non-hydrogen) atoms. The third-order valence-electron chi connectivity index (χ3n) is 6.15. The largest absolute Gasteiger partial charge is 0.462 e. The van der Waals surface area contributed by atoms with Gasteiger partial charge >= 0.3 is 11.9 Å². The first-order valence-corrected chi connectivity index (χ1v) is 12.0. The first-order chi connectivity index (χ1) is 16.0. The lowest BCUT2D eigenvalue weighted by Crippen LogP contribution is -2.68. The van der Waals surface area contributed by atoms with E-state index in [2.05, 4.69) is 0 Å². The molecular formula is C25H24N2O5S. The minimum absolute atomic E-state index is 0.235. The van der Waals surface area contributed by atoms with Crippen molar-refractivity contribution in [2.45, 2.75) is 42.9 Å². The second kappa shape index (κ2) is 9.03. The van der Waals surface area contributed by atoms with Gasteiger partial charge in [-0.3, -0.25) is 14.5 Å². The van der Waals surface area contributed by atoms with E-state index in [9.17, 15) is 14.4 Å². The van der Waals surface area contributed by atoms with Crippen LogP contribution in [0.2, 0.25) is 0 Å². The topological polar surface area (TPSA) is 98.9 Å². The van der Waals surface area contributed by atoms with Gasteiger partial charge in [0.15, 0.2) is 6.10 Å². The number of fused-ring (bicyclic) bond motifs is 1. The number of β-lactam (4-membered cyclic amide) rings is 1. The molecule has 0 saturated carbocycles. The SMILES string of the molecule is N[C@@H]1C(=O)N2C(C(=O)OC(c3ccccc3)c3ccccc3)=C(CC3CCC(=O)O3)CS[C@H]12. The zero-order valence-electron chi connectivity index (χ0n) is 17.9. The van der Waals surface area contributed by atoms with Gasteiger partial charge in [-0.15, -0.1) is 11.8 Å². The number of nitrogens with two attached hydrogens (primary N) is 1. The predicted octanol–water partition coefficient (Wildman–Crippen LogP) is 2.91. The maximum absolute atomic E-state index is 13.6. The van der Waals surface area contributed by atoms with Crippen LogP contribution in [0.5, 0.6) is 0 Å². The Hall–Kier alpha value is -3.10. The van der Waals surface area contributed by atoms with E-state index in [4.69, 9.17) is 15.2 Å². The molecule has 8 heteroatoms. The molecule has 0 radical (unpaired) electrons. The average Bonchev–Trinajstić information content (AvgIpc) is 3.27. The zero-order chi connectivity index (χ0) is 22.9. The Labute approximate surface area is 195 Å². The fourth-order valence-electron chi connectivity index (χ4n) is 4.47. The molecule has 0 aromatic heterocycles. The number of thioether (sulfide) groups is 1. The molecule has 5 rings (SSSR count). The van der Waals surface area contributed by atoms with Crippen molar-refractivity contribution in [1.29, 1.82) is 0 Å². The zero-order valence-corrected chi connectivity index (χ0v) is 18.7. The van der Waals surface area contributed by atoms with Crippen molar-refractivity contribution in [2.24, 2.45) is 5.73 Å². The van der Waals surface area contributed by atoms with Crippen LogP contribution in [0.15, 0.2) is 71.9 Å². The van der Waals surface area contributed by atoms with E-state index in [1.165, 1.54) is 16.7 Å². The van der Waals surface area contributed by atoms with Gasteiger partial charge in [-0.1, -0.05) is 60.7 Å². The molecule has 3 aliphatic heterocycles. The van der Waals surface area contributed by atoms with Crippen molar-refractivity contribution in [2.75, 3.05) is 5.75 Å². The number of amides is 1. The maximum atomic E-state index is 13.6. The summed E-state index contributed by atoms with van der Waals surface area (Å²) in [6.07, 6.45) is 0.442. The molecule has 3 aliphatic rings. The molecule has 0 spiro atoms. The molecule has 3 atom stereocenters. The minimum atomic E-state index is -0.636. The number of rotatable bonds is 6. The molecule has 2 aromatic rings. The summed E-state index contributed by atoms with van der Waals surface area (Å²) in [6, 6.07) is 18.4.